The summed E-state index contributed by atoms with van der Waals surface area (Å²) in [4.78, 5) is 11.4. The second kappa shape index (κ2) is 6.71. The second-order valence-corrected chi connectivity index (χ2v) is 5.11. The van der Waals surface area contributed by atoms with Gasteiger partial charge in [0.15, 0.2) is 0 Å². The number of anilines is 1. The average molecular weight is 276 g/mol. The van der Waals surface area contributed by atoms with Crippen molar-refractivity contribution in [2.75, 3.05) is 19.4 Å². The largest absolute Gasteiger partial charge is 0.495 e. The average Bonchev–Trinajstić information content (AvgIpc) is 2.34. The van der Waals surface area contributed by atoms with Gasteiger partial charge in [-0.05, 0) is 39.0 Å². The molecule has 20 heavy (non-hydrogen) atoms. The van der Waals surface area contributed by atoms with Crippen LogP contribution in [-0.4, -0.2) is 25.3 Å². The van der Waals surface area contributed by atoms with E-state index in [1.165, 1.54) is 0 Å². The van der Waals surface area contributed by atoms with E-state index in [-0.39, 0.29) is 6.54 Å². The maximum absolute atomic E-state index is 11.4. The summed E-state index contributed by atoms with van der Waals surface area (Å²) >= 11 is 0. The number of nitrogens with two attached hydrogens (primary N) is 1. The third kappa shape index (κ3) is 5.53. The molecule has 0 aliphatic carbocycles. The predicted octanol–water partition coefficient (Wildman–Crippen LogP) is 2.15. The van der Waals surface area contributed by atoms with E-state index in [9.17, 15) is 4.79 Å². The number of benzene rings is 1. The van der Waals surface area contributed by atoms with Crippen LogP contribution in [0.15, 0.2) is 18.2 Å². The quantitative estimate of drug-likeness (QED) is 0.641. The topological polar surface area (TPSA) is 73.6 Å². The van der Waals surface area contributed by atoms with Crippen LogP contribution in [-0.2, 0) is 4.74 Å². The summed E-state index contributed by atoms with van der Waals surface area (Å²) in [6.07, 6.45) is -0.485. The zero-order valence-corrected chi connectivity index (χ0v) is 12.2. The summed E-state index contributed by atoms with van der Waals surface area (Å²) in [5, 5.41) is 2.56. The van der Waals surface area contributed by atoms with Gasteiger partial charge in [-0.1, -0.05) is 11.8 Å². The molecule has 0 radical (unpaired) electrons. The summed E-state index contributed by atoms with van der Waals surface area (Å²) in [7, 11) is 1.55. The van der Waals surface area contributed by atoms with Crippen LogP contribution in [0.4, 0.5) is 10.5 Å². The standard InChI is InChI=1S/C15H20N2O3/c1-15(2,3)20-14(18)17-9-5-6-11-7-8-12(16)13(10-11)19-4/h7-8,10H,9,16H2,1-4H3,(H,17,18). The first-order chi connectivity index (χ1) is 9.31. The van der Waals surface area contributed by atoms with Gasteiger partial charge in [0.25, 0.3) is 0 Å². The van der Waals surface area contributed by atoms with E-state index in [4.69, 9.17) is 15.2 Å². The van der Waals surface area contributed by atoms with Crippen molar-refractivity contribution >= 4 is 11.8 Å². The Labute approximate surface area is 119 Å². The Bertz CT molecular complexity index is 536. The van der Waals surface area contributed by atoms with Gasteiger partial charge in [-0.15, -0.1) is 0 Å². The van der Waals surface area contributed by atoms with Crippen LogP contribution in [0.1, 0.15) is 26.3 Å². The third-order valence-corrected chi connectivity index (χ3v) is 2.19. The Morgan fingerprint density at radius 1 is 1.40 bits per heavy atom. The first-order valence-corrected chi connectivity index (χ1v) is 6.21. The number of rotatable bonds is 2. The molecule has 0 fully saturated rings. The van der Waals surface area contributed by atoms with Gasteiger partial charge < -0.3 is 20.5 Å². The van der Waals surface area contributed by atoms with E-state index < -0.39 is 11.7 Å². The molecule has 0 saturated carbocycles. The number of amides is 1. The van der Waals surface area contributed by atoms with Crippen LogP contribution in [0, 0.1) is 11.8 Å². The molecule has 0 bridgehead atoms. The number of nitrogens with one attached hydrogen (secondary N) is 1. The van der Waals surface area contributed by atoms with E-state index in [2.05, 4.69) is 17.2 Å². The molecule has 0 aliphatic rings. The molecule has 0 atom stereocenters. The van der Waals surface area contributed by atoms with Gasteiger partial charge in [0.1, 0.15) is 11.4 Å². The molecule has 0 unspecified atom stereocenters. The van der Waals surface area contributed by atoms with Crippen LogP contribution >= 0.6 is 0 Å². The van der Waals surface area contributed by atoms with Gasteiger partial charge in [0.05, 0.1) is 19.3 Å². The van der Waals surface area contributed by atoms with Crippen LogP contribution in [0.5, 0.6) is 5.75 Å². The van der Waals surface area contributed by atoms with Crippen LogP contribution < -0.4 is 15.8 Å². The van der Waals surface area contributed by atoms with Gasteiger partial charge in [-0.2, -0.15) is 0 Å². The van der Waals surface area contributed by atoms with Gasteiger partial charge in [0, 0.05) is 5.56 Å². The lowest BCUT2D eigenvalue weighted by Gasteiger charge is -2.19. The number of hydrogen-bond donors (Lipinski definition) is 2. The zero-order valence-electron chi connectivity index (χ0n) is 12.2. The normalized spacial score (nSPS) is 10.2. The van der Waals surface area contributed by atoms with Crippen molar-refractivity contribution < 1.29 is 14.3 Å². The number of alkyl carbamates (subject to hydrolysis) is 1. The Balaban J connectivity index is 2.53. The van der Waals surface area contributed by atoms with E-state index in [0.717, 1.165) is 5.56 Å². The SMILES string of the molecule is COc1cc(C#CCNC(=O)OC(C)(C)C)ccc1N. The fraction of sp³-hybridized carbons (Fsp3) is 0.400. The molecule has 1 amide bonds. The number of carbonyl (C=O) groups excluding carboxylic acids is 1. The summed E-state index contributed by atoms with van der Waals surface area (Å²) < 4.78 is 10.2. The molecule has 0 saturated heterocycles. The number of nitrogen functional groups attached to an aromatic ring is 1. The Hall–Kier alpha value is -2.35. The Kier molecular flexibility index (Phi) is 5.27. The molecule has 0 spiro atoms. The van der Waals surface area contributed by atoms with Crippen molar-refractivity contribution in [3.8, 4) is 17.6 Å². The molecular formula is C15H20N2O3. The van der Waals surface area contributed by atoms with E-state index in [0.29, 0.717) is 11.4 Å². The molecule has 0 aromatic heterocycles. The minimum atomic E-state index is -0.512. The molecule has 0 heterocycles. The molecule has 108 valence electrons. The Morgan fingerprint density at radius 3 is 2.70 bits per heavy atom. The molecule has 5 heteroatoms. The van der Waals surface area contributed by atoms with Gasteiger partial charge in [-0.25, -0.2) is 4.79 Å². The van der Waals surface area contributed by atoms with E-state index >= 15 is 0 Å². The molecule has 0 aliphatic heterocycles. The fourth-order valence-corrected chi connectivity index (χ4v) is 1.37. The number of ether oxygens (including phenoxy) is 2. The highest BCUT2D eigenvalue weighted by Gasteiger charge is 2.14. The number of carbonyl (C=O) groups is 1. The first-order valence-electron chi connectivity index (χ1n) is 6.21. The minimum absolute atomic E-state index is 0.210. The lowest BCUT2D eigenvalue weighted by Crippen LogP contribution is -2.32. The minimum Gasteiger partial charge on any atom is -0.495 e. The van der Waals surface area contributed by atoms with Gasteiger partial charge in [-0.3, -0.25) is 0 Å². The van der Waals surface area contributed by atoms with Crippen molar-refractivity contribution in [3.05, 3.63) is 23.8 Å². The lowest BCUT2D eigenvalue weighted by atomic mass is 10.2. The molecule has 5 nitrogen and oxygen atoms in total. The fourth-order valence-electron chi connectivity index (χ4n) is 1.37. The smallest absolute Gasteiger partial charge is 0.408 e. The van der Waals surface area contributed by atoms with Crippen LogP contribution in [0.2, 0.25) is 0 Å². The highest BCUT2D eigenvalue weighted by Crippen LogP contribution is 2.21. The lowest BCUT2D eigenvalue weighted by molar-refractivity contribution is 0.0535. The van der Waals surface area contributed by atoms with E-state index in [1.807, 2.05) is 0 Å². The van der Waals surface area contributed by atoms with Crippen molar-refractivity contribution in [2.45, 2.75) is 26.4 Å². The number of hydrogen-bond acceptors (Lipinski definition) is 4. The zero-order chi connectivity index (χ0) is 15.2. The van der Waals surface area contributed by atoms with Crippen LogP contribution in [0.25, 0.3) is 0 Å². The molecular weight excluding hydrogens is 256 g/mol. The maximum Gasteiger partial charge on any atom is 0.408 e. The number of methoxy groups -OCH3 is 1. The van der Waals surface area contributed by atoms with Crippen molar-refractivity contribution in [1.29, 1.82) is 0 Å². The summed E-state index contributed by atoms with van der Waals surface area (Å²) in [5.74, 6) is 6.32. The summed E-state index contributed by atoms with van der Waals surface area (Å²) in [6, 6.07) is 5.26. The molecule has 1 aromatic rings. The van der Waals surface area contributed by atoms with Crippen molar-refractivity contribution in [3.63, 3.8) is 0 Å². The summed E-state index contributed by atoms with van der Waals surface area (Å²) in [6.45, 7) is 5.62. The molecule has 3 N–H and O–H groups in total. The molecule has 1 rings (SSSR count). The monoisotopic (exact) mass is 276 g/mol. The van der Waals surface area contributed by atoms with Crippen LogP contribution in [0.3, 0.4) is 0 Å². The van der Waals surface area contributed by atoms with Crippen molar-refractivity contribution in [1.82, 2.24) is 5.32 Å². The van der Waals surface area contributed by atoms with Crippen molar-refractivity contribution in [2.24, 2.45) is 0 Å². The highest BCUT2D eigenvalue weighted by atomic mass is 16.6. The van der Waals surface area contributed by atoms with Gasteiger partial charge in [0.2, 0.25) is 0 Å². The second-order valence-electron chi connectivity index (χ2n) is 5.11. The Morgan fingerprint density at radius 2 is 2.10 bits per heavy atom. The first kappa shape index (κ1) is 15.7. The highest BCUT2D eigenvalue weighted by molar-refractivity contribution is 5.68. The maximum atomic E-state index is 11.4. The van der Waals surface area contributed by atoms with Gasteiger partial charge >= 0.3 is 6.09 Å². The third-order valence-electron chi connectivity index (χ3n) is 2.19. The predicted molar refractivity (Wildman–Crippen MR) is 78.5 cm³/mol. The molecule has 1 aromatic carbocycles. The summed E-state index contributed by atoms with van der Waals surface area (Å²) in [5.41, 5.74) is 6.52. The van der Waals surface area contributed by atoms with E-state index in [1.54, 1.807) is 46.1 Å².